The van der Waals surface area contributed by atoms with Gasteiger partial charge in [0, 0.05) is 15.0 Å². The molecule has 21 heavy (non-hydrogen) atoms. The molecule has 2 aromatic heterocycles. The summed E-state index contributed by atoms with van der Waals surface area (Å²) in [6.07, 6.45) is -0.835. The fourth-order valence-electron chi connectivity index (χ4n) is 2.45. The summed E-state index contributed by atoms with van der Waals surface area (Å²) in [5, 5.41) is 12.2. The van der Waals surface area contributed by atoms with Crippen molar-refractivity contribution in [3.8, 4) is 0 Å². The lowest BCUT2D eigenvalue weighted by molar-refractivity contribution is 0.196. The molecule has 0 saturated carbocycles. The maximum absolute atomic E-state index is 13.2. The van der Waals surface area contributed by atoms with Crippen molar-refractivity contribution in [2.45, 2.75) is 6.10 Å². The molecule has 4 rings (SSSR count). The Balaban J connectivity index is 1.79. The zero-order valence-electron chi connectivity index (χ0n) is 10.9. The van der Waals surface area contributed by atoms with Gasteiger partial charge in [-0.25, -0.2) is 4.39 Å². The summed E-state index contributed by atoms with van der Waals surface area (Å²) in [6, 6.07) is 15.9. The number of thiophene rings is 1. The van der Waals surface area contributed by atoms with Gasteiger partial charge in [-0.05, 0) is 41.8 Å². The number of fused-ring (bicyclic) bond motifs is 2. The Morgan fingerprint density at radius 2 is 1.86 bits per heavy atom. The first-order valence-corrected chi connectivity index (χ1v) is 7.38. The van der Waals surface area contributed by atoms with E-state index >= 15 is 0 Å². The molecule has 0 spiro atoms. The third kappa shape index (κ3) is 2.13. The largest absolute Gasteiger partial charge is 0.458 e. The van der Waals surface area contributed by atoms with Crippen LogP contribution < -0.4 is 0 Å². The molecule has 0 aliphatic carbocycles. The second-order valence-electron chi connectivity index (χ2n) is 4.92. The number of hydrogen-bond acceptors (Lipinski definition) is 3. The number of aliphatic hydroxyl groups is 1. The van der Waals surface area contributed by atoms with Gasteiger partial charge in [-0.1, -0.05) is 18.2 Å². The number of benzene rings is 2. The highest BCUT2D eigenvalue weighted by Crippen LogP contribution is 2.35. The van der Waals surface area contributed by atoms with Crippen LogP contribution in [0.2, 0.25) is 0 Å². The topological polar surface area (TPSA) is 33.4 Å². The van der Waals surface area contributed by atoms with Crippen LogP contribution in [-0.4, -0.2) is 5.11 Å². The predicted molar refractivity (Wildman–Crippen MR) is 82.1 cm³/mol. The predicted octanol–water partition coefficient (Wildman–Crippen LogP) is 4.87. The van der Waals surface area contributed by atoms with Crippen molar-refractivity contribution in [3.63, 3.8) is 0 Å². The number of halogens is 1. The lowest BCUT2D eigenvalue weighted by Crippen LogP contribution is -1.93. The van der Waals surface area contributed by atoms with E-state index in [1.54, 1.807) is 12.1 Å². The summed E-state index contributed by atoms with van der Waals surface area (Å²) in [5.74, 6) is 0.119. The van der Waals surface area contributed by atoms with Crippen molar-refractivity contribution >= 4 is 32.4 Å². The van der Waals surface area contributed by atoms with Crippen molar-refractivity contribution in [1.29, 1.82) is 0 Å². The second-order valence-corrected chi connectivity index (χ2v) is 6.04. The summed E-state index contributed by atoms with van der Waals surface area (Å²) >= 11 is 1.53. The quantitative estimate of drug-likeness (QED) is 0.573. The minimum atomic E-state index is -0.835. The van der Waals surface area contributed by atoms with E-state index in [2.05, 4.69) is 0 Å². The SMILES string of the molecule is OC(c1cc2cc(F)ccc2o1)c1cc2ccccc2s1. The number of aliphatic hydroxyl groups excluding tert-OH is 1. The molecule has 4 heteroatoms. The second kappa shape index (κ2) is 4.69. The van der Waals surface area contributed by atoms with E-state index in [0.717, 1.165) is 15.0 Å². The van der Waals surface area contributed by atoms with Crippen LogP contribution in [0.5, 0.6) is 0 Å². The Morgan fingerprint density at radius 1 is 1.00 bits per heavy atom. The van der Waals surface area contributed by atoms with E-state index in [0.29, 0.717) is 16.7 Å². The summed E-state index contributed by atoms with van der Waals surface area (Å²) in [6.45, 7) is 0. The molecule has 2 aromatic carbocycles. The molecule has 0 amide bonds. The summed E-state index contributed by atoms with van der Waals surface area (Å²) in [4.78, 5) is 0.815. The molecule has 1 unspecified atom stereocenters. The van der Waals surface area contributed by atoms with Crippen LogP contribution in [0.1, 0.15) is 16.7 Å². The lowest BCUT2D eigenvalue weighted by atomic mass is 10.2. The molecule has 0 fully saturated rings. The van der Waals surface area contributed by atoms with Crippen LogP contribution in [-0.2, 0) is 0 Å². The number of furan rings is 1. The van der Waals surface area contributed by atoms with Gasteiger partial charge in [-0.15, -0.1) is 11.3 Å². The van der Waals surface area contributed by atoms with Crippen molar-refractivity contribution < 1.29 is 13.9 Å². The van der Waals surface area contributed by atoms with Gasteiger partial charge in [-0.2, -0.15) is 0 Å². The van der Waals surface area contributed by atoms with Crippen LogP contribution in [0.25, 0.3) is 21.1 Å². The molecule has 0 bridgehead atoms. The van der Waals surface area contributed by atoms with Crippen molar-refractivity contribution in [3.05, 3.63) is 71.1 Å². The Morgan fingerprint density at radius 3 is 2.71 bits per heavy atom. The molecule has 0 aliphatic heterocycles. The van der Waals surface area contributed by atoms with Gasteiger partial charge in [0.05, 0.1) is 0 Å². The maximum Gasteiger partial charge on any atom is 0.146 e. The zero-order chi connectivity index (χ0) is 14.4. The van der Waals surface area contributed by atoms with Gasteiger partial charge in [0.25, 0.3) is 0 Å². The van der Waals surface area contributed by atoms with E-state index in [-0.39, 0.29) is 5.82 Å². The zero-order valence-corrected chi connectivity index (χ0v) is 11.7. The summed E-state index contributed by atoms with van der Waals surface area (Å²) in [7, 11) is 0. The highest BCUT2D eigenvalue weighted by molar-refractivity contribution is 7.19. The number of hydrogen-bond donors (Lipinski definition) is 1. The van der Waals surface area contributed by atoms with Gasteiger partial charge in [0.1, 0.15) is 23.3 Å². The molecule has 2 heterocycles. The molecular weight excluding hydrogens is 287 g/mol. The molecule has 104 valence electrons. The Hall–Kier alpha value is -2.17. The Bertz CT molecular complexity index is 905. The van der Waals surface area contributed by atoms with E-state index < -0.39 is 6.10 Å². The third-order valence-corrected chi connectivity index (χ3v) is 4.65. The van der Waals surface area contributed by atoms with E-state index in [9.17, 15) is 9.50 Å². The monoisotopic (exact) mass is 298 g/mol. The highest BCUT2D eigenvalue weighted by Gasteiger charge is 2.18. The highest BCUT2D eigenvalue weighted by atomic mass is 32.1. The molecule has 4 aromatic rings. The molecule has 0 aliphatic rings. The van der Waals surface area contributed by atoms with Gasteiger partial charge in [-0.3, -0.25) is 0 Å². The van der Waals surface area contributed by atoms with Crippen molar-refractivity contribution in [2.24, 2.45) is 0 Å². The fourth-order valence-corrected chi connectivity index (χ4v) is 3.51. The van der Waals surface area contributed by atoms with Crippen LogP contribution >= 0.6 is 11.3 Å². The van der Waals surface area contributed by atoms with Crippen molar-refractivity contribution in [1.82, 2.24) is 0 Å². The minimum Gasteiger partial charge on any atom is -0.458 e. The molecular formula is C17H11FO2S. The Labute approximate surface area is 124 Å². The maximum atomic E-state index is 13.2. The molecule has 0 saturated heterocycles. The van der Waals surface area contributed by atoms with Crippen LogP contribution in [0, 0.1) is 5.82 Å². The average Bonchev–Trinajstić information content (AvgIpc) is 3.09. The lowest BCUT2D eigenvalue weighted by Gasteiger charge is -2.03. The first-order chi connectivity index (χ1) is 10.2. The Kier molecular flexibility index (Phi) is 2.80. The first-order valence-electron chi connectivity index (χ1n) is 6.56. The van der Waals surface area contributed by atoms with Crippen molar-refractivity contribution in [2.75, 3.05) is 0 Å². The van der Waals surface area contributed by atoms with E-state index in [1.807, 2.05) is 30.3 Å². The normalized spacial score (nSPS) is 13.0. The standard InChI is InChI=1S/C17H11FO2S/c18-12-5-6-13-11(7-12)8-14(20-13)17(19)16-9-10-3-1-2-4-15(10)21-16/h1-9,17,19H. The minimum absolute atomic E-state index is 0.314. The summed E-state index contributed by atoms with van der Waals surface area (Å²) in [5.41, 5.74) is 0.576. The smallest absolute Gasteiger partial charge is 0.146 e. The molecule has 1 atom stereocenters. The van der Waals surface area contributed by atoms with Crippen LogP contribution in [0.3, 0.4) is 0 Å². The first kappa shape index (κ1) is 12.6. The summed E-state index contributed by atoms with van der Waals surface area (Å²) < 4.78 is 20.0. The van der Waals surface area contributed by atoms with E-state index in [4.69, 9.17) is 4.42 Å². The van der Waals surface area contributed by atoms with E-state index in [1.165, 1.54) is 23.5 Å². The van der Waals surface area contributed by atoms with Gasteiger partial charge >= 0.3 is 0 Å². The van der Waals surface area contributed by atoms with Gasteiger partial charge < -0.3 is 9.52 Å². The average molecular weight is 298 g/mol. The molecule has 2 nitrogen and oxygen atoms in total. The van der Waals surface area contributed by atoms with Crippen LogP contribution in [0.4, 0.5) is 4.39 Å². The fraction of sp³-hybridized carbons (Fsp3) is 0.0588. The van der Waals surface area contributed by atoms with Gasteiger partial charge in [0.15, 0.2) is 0 Å². The van der Waals surface area contributed by atoms with Crippen LogP contribution in [0.15, 0.2) is 59.0 Å². The molecule has 0 radical (unpaired) electrons. The third-order valence-electron chi connectivity index (χ3n) is 3.48. The number of rotatable bonds is 2. The van der Waals surface area contributed by atoms with Gasteiger partial charge in [0.2, 0.25) is 0 Å². The molecule has 1 N–H and O–H groups in total.